The molecule has 2 rings (SSSR count). The number of nitrogens with zero attached hydrogens (tertiary/aromatic N) is 1. The van der Waals surface area contributed by atoms with Gasteiger partial charge in [-0.05, 0) is 0 Å². The van der Waals surface area contributed by atoms with Gasteiger partial charge < -0.3 is 0 Å². The molecule has 2 nitrogen and oxygen atoms in total. The van der Waals surface area contributed by atoms with E-state index in [-0.39, 0.29) is 0 Å². The zero-order valence-corrected chi connectivity index (χ0v) is 8.19. The van der Waals surface area contributed by atoms with Crippen molar-refractivity contribution in [2.24, 2.45) is 4.99 Å². The molecule has 0 aliphatic carbocycles. The van der Waals surface area contributed by atoms with Gasteiger partial charge in [-0.2, -0.15) is 0 Å². The Morgan fingerprint density at radius 3 is 3.10 bits per heavy atom. The van der Waals surface area contributed by atoms with Crippen LogP contribution in [0.4, 0.5) is 11.4 Å². The van der Waals surface area contributed by atoms with Crippen molar-refractivity contribution >= 4 is 40.3 Å². The van der Waals surface area contributed by atoms with E-state index in [1.165, 1.54) is 3.58 Å². The molecular weight excluding hydrogens is 231 g/mol. The topological polar surface area (TPSA) is 38.4 Å². The minimum atomic E-state index is -0.510. The molecule has 1 aliphatic heterocycles. The molecule has 2 radical (unpaired) electrons. The summed E-state index contributed by atoms with van der Waals surface area (Å²) >= 11 is -0.510. The Bertz CT molecular complexity index is 294. The second kappa shape index (κ2) is 2.27. The fraction of sp³-hybridized carbons (Fsp3) is 0. The quantitative estimate of drug-likeness (QED) is 0.510. The van der Waals surface area contributed by atoms with Gasteiger partial charge in [0.2, 0.25) is 0 Å². The average molecular weight is 237 g/mol. The molecule has 1 heterocycles. The van der Waals surface area contributed by atoms with Gasteiger partial charge in [-0.3, -0.25) is 0 Å². The molecule has 1 aromatic rings. The number of fused-ring (bicyclic) bond motifs is 1. The van der Waals surface area contributed by atoms with Gasteiger partial charge in [0.15, 0.2) is 0 Å². The average Bonchev–Trinajstić information content (AvgIpc) is 2.36. The van der Waals surface area contributed by atoms with E-state index in [1.807, 2.05) is 18.2 Å². The van der Waals surface area contributed by atoms with Crippen LogP contribution in [0.15, 0.2) is 23.2 Å². The Hall–Kier alpha value is -0.511. The number of benzene rings is 1. The van der Waals surface area contributed by atoms with E-state index < -0.39 is 21.1 Å². The first-order valence-corrected chi connectivity index (χ1v) is 6.13. The number of hydrogen-bond donors (Lipinski definition) is 1. The second-order valence-corrected chi connectivity index (χ2v) is 5.13. The number of anilines is 1. The van der Waals surface area contributed by atoms with Gasteiger partial charge in [-0.25, -0.2) is 0 Å². The number of nitrogen functional groups attached to an aromatic ring is 1. The number of hydrogen-bond acceptors (Lipinski definition) is 2. The van der Waals surface area contributed by atoms with E-state index in [9.17, 15) is 0 Å². The molecular formula is C7H6N2Sn. The molecule has 3 heteroatoms. The van der Waals surface area contributed by atoms with Gasteiger partial charge >= 0.3 is 69.3 Å². The molecule has 48 valence electrons. The first-order valence-electron chi connectivity index (χ1n) is 3.05. The third-order valence-corrected chi connectivity index (χ3v) is 4.60. The molecule has 0 bridgehead atoms. The SMILES string of the molecule is Nc1cccc2[c]1[Sn][CH]=N2. The minimum absolute atomic E-state index is 0.510. The van der Waals surface area contributed by atoms with Crippen molar-refractivity contribution in [3.05, 3.63) is 18.2 Å². The Kier molecular flexibility index (Phi) is 1.41. The molecule has 0 atom stereocenters. The predicted octanol–water partition coefficient (Wildman–Crippen LogP) is 0.272. The van der Waals surface area contributed by atoms with Crippen molar-refractivity contribution in [1.29, 1.82) is 0 Å². The summed E-state index contributed by atoms with van der Waals surface area (Å²) in [6, 6.07) is 5.93. The van der Waals surface area contributed by atoms with Crippen molar-refractivity contribution in [3.8, 4) is 0 Å². The van der Waals surface area contributed by atoms with E-state index in [1.54, 1.807) is 0 Å². The van der Waals surface area contributed by atoms with E-state index in [4.69, 9.17) is 5.73 Å². The fourth-order valence-electron chi connectivity index (χ4n) is 0.989. The van der Waals surface area contributed by atoms with Crippen LogP contribution in [0.25, 0.3) is 0 Å². The third-order valence-electron chi connectivity index (χ3n) is 1.49. The summed E-state index contributed by atoms with van der Waals surface area (Å²) in [6.45, 7) is 0. The third kappa shape index (κ3) is 0.830. The molecule has 2 N–H and O–H groups in total. The van der Waals surface area contributed by atoms with E-state index >= 15 is 0 Å². The Morgan fingerprint density at radius 2 is 2.30 bits per heavy atom. The second-order valence-electron chi connectivity index (χ2n) is 2.14. The van der Waals surface area contributed by atoms with E-state index in [0.29, 0.717) is 0 Å². The van der Waals surface area contributed by atoms with Gasteiger partial charge in [0, 0.05) is 0 Å². The van der Waals surface area contributed by atoms with Gasteiger partial charge in [0.05, 0.1) is 0 Å². The summed E-state index contributed by atoms with van der Waals surface area (Å²) in [6.07, 6.45) is 0. The molecule has 0 saturated carbocycles. The molecule has 10 heavy (non-hydrogen) atoms. The molecule has 0 unspecified atom stereocenters. The van der Waals surface area contributed by atoms with Crippen LogP contribution in [0.5, 0.6) is 0 Å². The maximum atomic E-state index is 5.73. The van der Waals surface area contributed by atoms with Crippen molar-refractivity contribution in [3.63, 3.8) is 0 Å². The summed E-state index contributed by atoms with van der Waals surface area (Å²) in [4.78, 5) is 4.23. The fourth-order valence-corrected chi connectivity index (χ4v) is 3.50. The number of rotatable bonds is 0. The summed E-state index contributed by atoms with van der Waals surface area (Å²) in [7, 11) is 0. The summed E-state index contributed by atoms with van der Waals surface area (Å²) in [5.41, 5.74) is 7.77. The van der Waals surface area contributed by atoms with Crippen LogP contribution in [-0.2, 0) is 0 Å². The Balaban J connectivity index is 2.66. The zero-order valence-electron chi connectivity index (χ0n) is 5.33. The van der Waals surface area contributed by atoms with Crippen LogP contribution in [0.3, 0.4) is 0 Å². The summed E-state index contributed by atoms with van der Waals surface area (Å²) in [5, 5.41) is 0. The van der Waals surface area contributed by atoms with Crippen LogP contribution in [0.2, 0.25) is 0 Å². The first-order chi connectivity index (χ1) is 4.88. The van der Waals surface area contributed by atoms with Crippen LogP contribution in [-0.4, -0.2) is 25.4 Å². The number of aliphatic imine (C=N–C) groups is 1. The summed E-state index contributed by atoms with van der Waals surface area (Å²) in [5.74, 6) is 0. The summed E-state index contributed by atoms with van der Waals surface area (Å²) < 4.78 is 3.40. The van der Waals surface area contributed by atoms with Crippen LogP contribution in [0.1, 0.15) is 0 Å². The molecule has 0 amide bonds. The van der Waals surface area contributed by atoms with Crippen molar-refractivity contribution in [1.82, 2.24) is 0 Å². The molecule has 1 aliphatic rings. The van der Waals surface area contributed by atoms with Crippen molar-refractivity contribution in [2.45, 2.75) is 0 Å². The molecule has 0 spiro atoms. The Morgan fingerprint density at radius 1 is 1.40 bits per heavy atom. The first kappa shape index (κ1) is 6.22. The zero-order chi connectivity index (χ0) is 6.97. The predicted molar refractivity (Wildman–Crippen MR) is 44.4 cm³/mol. The molecule has 0 aromatic heterocycles. The van der Waals surface area contributed by atoms with Crippen LogP contribution < -0.4 is 9.31 Å². The Labute approximate surface area is 69.4 Å². The standard InChI is InChI=1S/C7H6N2.Sn/c1-9-7-4-2-3-6(8)5-7;/h1-4H,8H2;. The van der Waals surface area contributed by atoms with Crippen LogP contribution >= 0.6 is 0 Å². The van der Waals surface area contributed by atoms with Gasteiger partial charge in [0.1, 0.15) is 0 Å². The van der Waals surface area contributed by atoms with Gasteiger partial charge in [-0.1, -0.05) is 0 Å². The van der Waals surface area contributed by atoms with Crippen molar-refractivity contribution < 1.29 is 0 Å². The van der Waals surface area contributed by atoms with Crippen molar-refractivity contribution in [2.75, 3.05) is 5.73 Å². The molecule has 1 aromatic carbocycles. The van der Waals surface area contributed by atoms with Gasteiger partial charge in [0.25, 0.3) is 0 Å². The molecule has 0 fully saturated rings. The van der Waals surface area contributed by atoms with E-state index in [0.717, 1.165) is 11.4 Å². The van der Waals surface area contributed by atoms with E-state index in [2.05, 4.69) is 9.22 Å². The van der Waals surface area contributed by atoms with Gasteiger partial charge in [-0.15, -0.1) is 0 Å². The molecule has 0 saturated heterocycles. The monoisotopic (exact) mass is 238 g/mol. The number of nitrogens with two attached hydrogens (primary N) is 1. The normalized spacial score (nSPS) is 13.6. The maximum absolute atomic E-state index is 5.73. The van der Waals surface area contributed by atoms with Crippen LogP contribution in [0, 0.1) is 0 Å².